The molecule has 140 valence electrons. The van der Waals surface area contributed by atoms with Gasteiger partial charge in [0.15, 0.2) is 0 Å². The molecule has 1 spiro atoms. The van der Waals surface area contributed by atoms with Crippen LogP contribution in [0.4, 0.5) is 9.18 Å². The molecule has 5 nitrogen and oxygen atoms in total. The molecule has 0 radical (unpaired) electrons. The second kappa shape index (κ2) is 6.78. The van der Waals surface area contributed by atoms with Crippen LogP contribution in [0.15, 0.2) is 48.5 Å². The van der Waals surface area contributed by atoms with Crippen molar-refractivity contribution in [3.05, 3.63) is 59.9 Å². The minimum absolute atomic E-state index is 0.125. The number of likely N-dealkylation sites (tertiary alicyclic amines) is 1. The van der Waals surface area contributed by atoms with Crippen LogP contribution in [-0.2, 0) is 11.3 Å². The van der Waals surface area contributed by atoms with E-state index in [4.69, 9.17) is 0 Å². The number of hydrogen-bond donors (Lipinski definition) is 1. The van der Waals surface area contributed by atoms with Crippen LogP contribution >= 0.6 is 0 Å². The zero-order chi connectivity index (χ0) is 19.0. The molecule has 2 aromatic rings. The molecule has 0 unspecified atom stereocenters. The van der Waals surface area contributed by atoms with Crippen LogP contribution in [0.1, 0.15) is 18.4 Å². The Morgan fingerprint density at radius 2 is 1.70 bits per heavy atom. The van der Waals surface area contributed by atoms with Crippen molar-refractivity contribution >= 4 is 11.9 Å². The van der Waals surface area contributed by atoms with Crippen LogP contribution in [0.25, 0.3) is 11.1 Å². The Balaban J connectivity index is 1.43. The highest BCUT2D eigenvalue weighted by molar-refractivity contribution is 6.06. The summed E-state index contributed by atoms with van der Waals surface area (Å²) in [5.74, 6) is -0.368. The fraction of sp³-hybridized carbons (Fsp3) is 0.333. The number of carbonyl (C=O) groups excluding carboxylic acids is 2. The molecule has 0 saturated carbocycles. The van der Waals surface area contributed by atoms with Gasteiger partial charge in [0, 0.05) is 26.7 Å². The summed E-state index contributed by atoms with van der Waals surface area (Å²) in [5, 5.41) is 2.86. The molecule has 1 N–H and O–H groups in total. The van der Waals surface area contributed by atoms with Crippen molar-refractivity contribution in [2.75, 3.05) is 20.1 Å². The maximum atomic E-state index is 13.5. The highest BCUT2D eigenvalue weighted by atomic mass is 19.1. The first-order valence-corrected chi connectivity index (χ1v) is 9.14. The number of carbonyl (C=O) groups is 2. The number of piperidine rings is 1. The highest BCUT2D eigenvalue weighted by Crippen LogP contribution is 2.30. The fourth-order valence-corrected chi connectivity index (χ4v) is 3.96. The number of nitrogens with zero attached hydrogens (tertiary/aromatic N) is 2. The molecule has 2 aliphatic heterocycles. The van der Waals surface area contributed by atoms with E-state index in [0.717, 1.165) is 36.3 Å². The number of halogens is 1. The first-order valence-electron chi connectivity index (χ1n) is 9.14. The van der Waals surface area contributed by atoms with Crippen LogP contribution in [0.2, 0.25) is 0 Å². The van der Waals surface area contributed by atoms with Gasteiger partial charge in [0.2, 0.25) is 0 Å². The number of hydrogen-bond acceptors (Lipinski definition) is 3. The van der Waals surface area contributed by atoms with Crippen LogP contribution in [0.3, 0.4) is 0 Å². The second-order valence-corrected chi connectivity index (χ2v) is 7.36. The van der Waals surface area contributed by atoms with E-state index in [0.29, 0.717) is 12.8 Å². The van der Waals surface area contributed by atoms with Gasteiger partial charge in [-0.15, -0.1) is 0 Å². The molecule has 2 aromatic carbocycles. The number of amides is 3. The van der Waals surface area contributed by atoms with E-state index >= 15 is 0 Å². The van der Waals surface area contributed by atoms with Gasteiger partial charge in [-0.05, 0) is 47.7 Å². The summed E-state index contributed by atoms with van der Waals surface area (Å²) in [6.45, 7) is 2.24. The molecular weight excluding hydrogens is 345 g/mol. The minimum Gasteiger partial charge on any atom is -0.323 e. The molecule has 3 amide bonds. The summed E-state index contributed by atoms with van der Waals surface area (Å²) in [7, 11) is 1.52. The Morgan fingerprint density at radius 3 is 2.33 bits per heavy atom. The van der Waals surface area contributed by atoms with Crippen molar-refractivity contribution in [1.82, 2.24) is 15.1 Å². The number of nitrogens with one attached hydrogen (secondary N) is 1. The van der Waals surface area contributed by atoms with Crippen molar-refractivity contribution in [2.45, 2.75) is 24.9 Å². The molecular formula is C21H22FN3O2. The van der Waals surface area contributed by atoms with Crippen LogP contribution < -0.4 is 5.32 Å². The standard InChI is InChI=1S/C21H22FN3O2/c1-24-19(26)21(23-20(24)27)8-10-25(11-9-21)14-15-4-2-5-16(12-15)17-6-3-7-18(22)13-17/h2-7,12-13H,8-11,14H2,1H3,(H,23,27). The van der Waals surface area contributed by atoms with Gasteiger partial charge < -0.3 is 5.32 Å². The molecule has 0 aromatic heterocycles. The molecule has 2 saturated heterocycles. The second-order valence-electron chi connectivity index (χ2n) is 7.36. The van der Waals surface area contributed by atoms with Gasteiger partial charge in [-0.1, -0.05) is 30.3 Å². The number of likely N-dealkylation sites (N-methyl/N-ethyl adjacent to an activating group) is 1. The SMILES string of the molecule is CN1C(=O)NC2(CCN(Cc3cccc(-c4cccc(F)c4)c3)CC2)C1=O. The fourth-order valence-electron chi connectivity index (χ4n) is 3.96. The number of imide groups is 1. The molecule has 0 bridgehead atoms. The zero-order valence-corrected chi connectivity index (χ0v) is 15.2. The first-order chi connectivity index (χ1) is 13.0. The van der Waals surface area contributed by atoms with Gasteiger partial charge >= 0.3 is 6.03 Å². The van der Waals surface area contributed by atoms with Crippen LogP contribution in [0.5, 0.6) is 0 Å². The third-order valence-electron chi connectivity index (χ3n) is 5.57. The molecule has 2 heterocycles. The largest absolute Gasteiger partial charge is 0.324 e. The van der Waals surface area contributed by atoms with E-state index in [1.807, 2.05) is 18.2 Å². The average molecular weight is 367 g/mol. The summed E-state index contributed by atoms with van der Waals surface area (Å²) in [6.07, 6.45) is 1.23. The molecule has 6 heteroatoms. The van der Waals surface area contributed by atoms with E-state index in [9.17, 15) is 14.0 Å². The third-order valence-corrected chi connectivity index (χ3v) is 5.57. The van der Waals surface area contributed by atoms with Crippen LogP contribution in [-0.4, -0.2) is 47.4 Å². The Kier molecular flexibility index (Phi) is 4.44. The van der Waals surface area contributed by atoms with Crippen molar-refractivity contribution < 1.29 is 14.0 Å². The molecule has 4 rings (SSSR count). The topological polar surface area (TPSA) is 52.7 Å². The lowest BCUT2D eigenvalue weighted by atomic mass is 9.87. The number of benzene rings is 2. The zero-order valence-electron chi connectivity index (χ0n) is 15.2. The summed E-state index contributed by atoms with van der Waals surface area (Å²) in [6, 6.07) is 14.4. The van der Waals surface area contributed by atoms with Crippen molar-refractivity contribution in [3.63, 3.8) is 0 Å². The molecule has 2 aliphatic rings. The van der Waals surface area contributed by atoms with E-state index in [1.165, 1.54) is 24.1 Å². The number of rotatable bonds is 3. The Labute approximate surface area is 157 Å². The Morgan fingerprint density at radius 1 is 1.04 bits per heavy atom. The maximum Gasteiger partial charge on any atom is 0.324 e. The first kappa shape index (κ1) is 17.7. The summed E-state index contributed by atoms with van der Waals surface area (Å²) in [5.41, 5.74) is 2.26. The van der Waals surface area contributed by atoms with Crippen molar-refractivity contribution in [1.29, 1.82) is 0 Å². The van der Waals surface area contributed by atoms with E-state index in [1.54, 1.807) is 6.07 Å². The van der Waals surface area contributed by atoms with Gasteiger partial charge in [-0.2, -0.15) is 0 Å². The maximum absolute atomic E-state index is 13.5. The molecule has 27 heavy (non-hydrogen) atoms. The summed E-state index contributed by atoms with van der Waals surface area (Å²) >= 11 is 0. The molecule has 0 aliphatic carbocycles. The lowest BCUT2D eigenvalue weighted by molar-refractivity contribution is -0.132. The van der Waals surface area contributed by atoms with E-state index in [-0.39, 0.29) is 17.8 Å². The summed E-state index contributed by atoms with van der Waals surface area (Å²) in [4.78, 5) is 27.6. The molecule has 2 fully saturated rings. The highest BCUT2D eigenvalue weighted by Gasteiger charge is 2.50. The summed E-state index contributed by atoms with van der Waals surface area (Å²) < 4.78 is 13.5. The van der Waals surface area contributed by atoms with Crippen molar-refractivity contribution in [2.24, 2.45) is 0 Å². The van der Waals surface area contributed by atoms with E-state index in [2.05, 4.69) is 22.3 Å². The van der Waals surface area contributed by atoms with Gasteiger partial charge in [-0.3, -0.25) is 14.6 Å². The van der Waals surface area contributed by atoms with Gasteiger partial charge in [-0.25, -0.2) is 9.18 Å². The third kappa shape index (κ3) is 3.32. The van der Waals surface area contributed by atoms with Gasteiger partial charge in [0.1, 0.15) is 11.4 Å². The average Bonchev–Trinajstić information content (AvgIpc) is 2.88. The molecule has 0 atom stereocenters. The lowest BCUT2D eigenvalue weighted by Crippen LogP contribution is -2.54. The van der Waals surface area contributed by atoms with Crippen molar-refractivity contribution in [3.8, 4) is 11.1 Å². The Hall–Kier alpha value is -2.73. The smallest absolute Gasteiger partial charge is 0.323 e. The quantitative estimate of drug-likeness (QED) is 0.849. The Bertz CT molecular complexity index is 891. The van der Waals surface area contributed by atoms with Gasteiger partial charge in [0.25, 0.3) is 5.91 Å². The predicted molar refractivity (Wildman–Crippen MR) is 100 cm³/mol. The monoisotopic (exact) mass is 367 g/mol. The number of urea groups is 1. The van der Waals surface area contributed by atoms with Gasteiger partial charge in [0.05, 0.1) is 0 Å². The predicted octanol–water partition coefficient (Wildman–Crippen LogP) is 3.01. The van der Waals surface area contributed by atoms with E-state index < -0.39 is 5.54 Å². The normalized spacial score (nSPS) is 19.6. The minimum atomic E-state index is -0.730. The lowest BCUT2D eigenvalue weighted by Gasteiger charge is -2.37. The van der Waals surface area contributed by atoms with Crippen LogP contribution in [0, 0.1) is 5.82 Å².